The first-order valence-corrected chi connectivity index (χ1v) is 6.11. The van der Waals surface area contributed by atoms with Crippen LogP contribution in [0.2, 0.25) is 0 Å². The third kappa shape index (κ3) is 3.07. The Kier molecular flexibility index (Phi) is 3.20. The molecule has 0 aromatic heterocycles. The summed E-state index contributed by atoms with van der Waals surface area (Å²) in [7, 11) is 0. The number of carbonyl (C=O) groups is 1. The van der Waals surface area contributed by atoms with Crippen LogP contribution in [-0.2, 0) is 13.0 Å². The van der Waals surface area contributed by atoms with Crippen molar-refractivity contribution >= 4 is 5.91 Å². The molecule has 3 nitrogen and oxygen atoms in total. The normalized spacial score (nSPS) is 15.2. The molecule has 17 heavy (non-hydrogen) atoms. The van der Waals surface area contributed by atoms with E-state index in [1.165, 1.54) is 11.1 Å². The summed E-state index contributed by atoms with van der Waals surface area (Å²) in [5.74, 6) is 0.00544. The molecule has 1 aromatic carbocycles. The van der Waals surface area contributed by atoms with Gasteiger partial charge in [-0.3, -0.25) is 4.79 Å². The monoisotopic (exact) mass is 232 g/mol. The van der Waals surface area contributed by atoms with E-state index < -0.39 is 0 Å². The molecular formula is C14H20N2O. The van der Waals surface area contributed by atoms with Crippen LogP contribution in [0.3, 0.4) is 0 Å². The van der Waals surface area contributed by atoms with Crippen LogP contribution < -0.4 is 10.6 Å². The van der Waals surface area contributed by atoms with Gasteiger partial charge >= 0.3 is 0 Å². The van der Waals surface area contributed by atoms with Crippen molar-refractivity contribution in [2.75, 3.05) is 6.54 Å². The van der Waals surface area contributed by atoms with Crippen LogP contribution >= 0.6 is 0 Å². The van der Waals surface area contributed by atoms with Crippen molar-refractivity contribution in [3.05, 3.63) is 34.9 Å². The van der Waals surface area contributed by atoms with Gasteiger partial charge < -0.3 is 10.6 Å². The third-order valence-electron chi connectivity index (χ3n) is 2.84. The summed E-state index contributed by atoms with van der Waals surface area (Å²) >= 11 is 0. The Balaban J connectivity index is 2.19. The number of rotatable bonds is 1. The maximum atomic E-state index is 12.0. The highest BCUT2D eigenvalue weighted by atomic mass is 16.1. The molecule has 1 heterocycles. The molecule has 1 aliphatic rings. The van der Waals surface area contributed by atoms with E-state index in [0.717, 1.165) is 25.1 Å². The summed E-state index contributed by atoms with van der Waals surface area (Å²) in [5, 5.41) is 6.31. The van der Waals surface area contributed by atoms with Crippen LogP contribution in [-0.4, -0.2) is 18.0 Å². The first-order valence-electron chi connectivity index (χ1n) is 6.11. The minimum Gasteiger partial charge on any atom is -0.347 e. The highest BCUT2D eigenvalue weighted by Crippen LogP contribution is 2.16. The van der Waals surface area contributed by atoms with Gasteiger partial charge in [-0.15, -0.1) is 0 Å². The molecule has 0 saturated carbocycles. The van der Waals surface area contributed by atoms with Crippen LogP contribution in [0.15, 0.2) is 18.2 Å². The van der Waals surface area contributed by atoms with Crippen LogP contribution in [0.1, 0.15) is 42.3 Å². The number of nitrogens with one attached hydrogen (secondary N) is 2. The van der Waals surface area contributed by atoms with Gasteiger partial charge in [-0.1, -0.05) is 6.07 Å². The second-order valence-corrected chi connectivity index (χ2v) is 5.61. The average molecular weight is 232 g/mol. The van der Waals surface area contributed by atoms with E-state index >= 15 is 0 Å². The molecule has 0 atom stereocenters. The number of benzene rings is 1. The molecular weight excluding hydrogens is 212 g/mol. The van der Waals surface area contributed by atoms with Crippen molar-refractivity contribution in [2.24, 2.45) is 0 Å². The number of hydrogen-bond donors (Lipinski definition) is 2. The Hall–Kier alpha value is -1.35. The van der Waals surface area contributed by atoms with E-state index in [4.69, 9.17) is 0 Å². The van der Waals surface area contributed by atoms with Crippen molar-refractivity contribution < 1.29 is 4.79 Å². The van der Waals surface area contributed by atoms with Gasteiger partial charge in [-0.25, -0.2) is 0 Å². The maximum absolute atomic E-state index is 12.0. The summed E-state index contributed by atoms with van der Waals surface area (Å²) < 4.78 is 0. The lowest BCUT2D eigenvalue weighted by Crippen LogP contribution is -2.40. The largest absolute Gasteiger partial charge is 0.347 e. The fourth-order valence-electron chi connectivity index (χ4n) is 2.03. The van der Waals surface area contributed by atoms with Gasteiger partial charge in [-0.05, 0) is 57.0 Å². The zero-order chi connectivity index (χ0) is 12.5. The molecule has 3 heteroatoms. The Bertz CT molecular complexity index is 432. The lowest BCUT2D eigenvalue weighted by atomic mass is 9.98. The van der Waals surface area contributed by atoms with E-state index in [9.17, 15) is 4.79 Å². The lowest BCUT2D eigenvalue weighted by Gasteiger charge is -2.22. The van der Waals surface area contributed by atoms with Gasteiger partial charge in [0.25, 0.3) is 5.91 Å². The second kappa shape index (κ2) is 4.49. The average Bonchev–Trinajstić information content (AvgIpc) is 2.26. The van der Waals surface area contributed by atoms with E-state index in [1.807, 2.05) is 32.9 Å². The fourth-order valence-corrected chi connectivity index (χ4v) is 2.03. The number of hydrogen-bond acceptors (Lipinski definition) is 2. The van der Waals surface area contributed by atoms with Gasteiger partial charge in [-0.2, -0.15) is 0 Å². The Morgan fingerprint density at radius 2 is 2.06 bits per heavy atom. The van der Waals surface area contributed by atoms with E-state index in [2.05, 4.69) is 16.7 Å². The molecule has 0 radical (unpaired) electrons. The molecule has 92 valence electrons. The van der Waals surface area contributed by atoms with Crippen LogP contribution in [0.4, 0.5) is 0 Å². The van der Waals surface area contributed by atoms with E-state index in [-0.39, 0.29) is 11.4 Å². The fraction of sp³-hybridized carbons (Fsp3) is 0.500. The van der Waals surface area contributed by atoms with E-state index in [0.29, 0.717) is 0 Å². The molecule has 2 N–H and O–H groups in total. The zero-order valence-electron chi connectivity index (χ0n) is 10.8. The van der Waals surface area contributed by atoms with E-state index in [1.54, 1.807) is 0 Å². The molecule has 0 unspecified atom stereocenters. The second-order valence-electron chi connectivity index (χ2n) is 5.61. The SMILES string of the molecule is CC(C)(C)NC(=O)c1ccc2c(c1)CNCC2. The predicted molar refractivity (Wildman–Crippen MR) is 69.1 cm³/mol. The number of carbonyl (C=O) groups excluding carboxylic acids is 1. The highest BCUT2D eigenvalue weighted by Gasteiger charge is 2.17. The summed E-state index contributed by atoms with van der Waals surface area (Å²) in [6, 6.07) is 6.00. The minimum absolute atomic E-state index is 0.00544. The van der Waals surface area contributed by atoms with Crippen LogP contribution in [0, 0.1) is 0 Å². The van der Waals surface area contributed by atoms with Crippen molar-refractivity contribution in [1.82, 2.24) is 10.6 Å². The van der Waals surface area contributed by atoms with Gasteiger partial charge in [0.1, 0.15) is 0 Å². The first-order chi connectivity index (χ1) is 7.96. The quantitative estimate of drug-likeness (QED) is 0.776. The topological polar surface area (TPSA) is 41.1 Å². The van der Waals surface area contributed by atoms with Crippen molar-refractivity contribution in [1.29, 1.82) is 0 Å². The molecule has 1 amide bonds. The molecule has 0 bridgehead atoms. The molecule has 2 rings (SSSR count). The standard InChI is InChI=1S/C14H20N2O/c1-14(2,3)16-13(17)11-5-4-10-6-7-15-9-12(10)8-11/h4-5,8,15H,6-7,9H2,1-3H3,(H,16,17). The first kappa shape index (κ1) is 12.1. The van der Waals surface area contributed by atoms with Crippen molar-refractivity contribution in [3.63, 3.8) is 0 Å². The summed E-state index contributed by atoms with van der Waals surface area (Å²) in [6.45, 7) is 7.87. The van der Waals surface area contributed by atoms with Gasteiger partial charge in [0, 0.05) is 17.6 Å². The lowest BCUT2D eigenvalue weighted by molar-refractivity contribution is 0.0919. The smallest absolute Gasteiger partial charge is 0.251 e. The summed E-state index contributed by atoms with van der Waals surface area (Å²) in [5.41, 5.74) is 3.17. The number of fused-ring (bicyclic) bond motifs is 1. The van der Waals surface area contributed by atoms with Crippen molar-refractivity contribution in [3.8, 4) is 0 Å². The number of amides is 1. The highest BCUT2D eigenvalue weighted by molar-refractivity contribution is 5.94. The Labute approximate surface area is 103 Å². The molecule has 1 aliphatic heterocycles. The third-order valence-corrected chi connectivity index (χ3v) is 2.84. The van der Waals surface area contributed by atoms with Crippen LogP contribution in [0.25, 0.3) is 0 Å². The molecule has 0 spiro atoms. The maximum Gasteiger partial charge on any atom is 0.251 e. The van der Waals surface area contributed by atoms with Crippen LogP contribution in [0.5, 0.6) is 0 Å². The summed E-state index contributed by atoms with van der Waals surface area (Å²) in [6.07, 6.45) is 1.05. The molecule has 1 aromatic rings. The zero-order valence-corrected chi connectivity index (χ0v) is 10.8. The molecule has 0 fully saturated rings. The van der Waals surface area contributed by atoms with Crippen molar-refractivity contribution in [2.45, 2.75) is 39.3 Å². The molecule has 0 aliphatic carbocycles. The summed E-state index contributed by atoms with van der Waals surface area (Å²) in [4.78, 5) is 12.0. The van der Waals surface area contributed by atoms with Gasteiger partial charge in [0.2, 0.25) is 0 Å². The van der Waals surface area contributed by atoms with Gasteiger partial charge in [0.15, 0.2) is 0 Å². The van der Waals surface area contributed by atoms with Gasteiger partial charge in [0.05, 0.1) is 0 Å². The minimum atomic E-state index is -0.189. The predicted octanol–water partition coefficient (Wildman–Crippen LogP) is 1.86. The Morgan fingerprint density at radius 3 is 2.76 bits per heavy atom. The Morgan fingerprint density at radius 1 is 1.29 bits per heavy atom. The molecule has 0 saturated heterocycles.